The van der Waals surface area contributed by atoms with Gasteiger partial charge in [-0.05, 0) is 77.9 Å². The van der Waals surface area contributed by atoms with Gasteiger partial charge in [0.2, 0.25) is 0 Å². The molecule has 0 amide bonds. The smallest absolute Gasteiger partial charge is 0.458 e. The van der Waals surface area contributed by atoms with Gasteiger partial charge in [0.15, 0.2) is 0 Å². The lowest BCUT2D eigenvalue weighted by Crippen LogP contribution is -2.41. The Morgan fingerprint density at radius 1 is 0.955 bits per heavy atom. The monoisotopic (exact) mass is 310 g/mol. The molecule has 0 aromatic carbocycles. The molecule has 0 aromatic rings. The highest BCUT2D eigenvalue weighted by Crippen LogP contribution is 2.96. The summed E-state index contributed by atoms with van der Waals surface area (Å²) < 4.78 is 42.5. The summed E-state index contributed by atoms with van der Waals surface area (Å²) in [5.74, 6) is 6.34. The van der Waals surface area contributed by atoms with E-state index in [1.807, 2.05) is 0 Å². The maximum atomic E-state index is 12.5. The average Bonchev–Trinajstić information content (AvgIpc) is 3.14. The summed E-state index contributed by atoms with van der Waals surface area (Å²) in [7, 11) is 0. The second kappa shape index (κ2) is 2.86. The van der Waals surface area contributed by atoms with Gasteiger partial charge >= 0.3 is 12.1 Å². The van der Waals surface area contributed by atoms with Crippen LogP contribution in [0, 0.1) is 70.5 Å². The SMILES string of the molecule is O=C(OC[C@@]12[C@H]3[C@H]4C[C@@H]1[C@@H]1[C@H]4[C@H]4[C@@H]5C[C@H]([C@H]43)[C@H]2[C@@H]51)C(F)(F)F. The van der Waals surface area contributed by atoms with E-state index in [2.05, 4.69) is 0 Å². The zero-order valence-electron chi connectivity index (χ0n) is 11.9. The summed E-state index contributed by atoms with van der Waals surface area (Å²) in [4.78, 5) is 11.3. The molecule has 4 bridgehead atoms. The molecule has 0 radical (unpaired) electrons. The van der Waals surface area contributed by atoms with Crippen LogP contribution in [0.3, 0.4) is 0 Å². The maximum absolute atomic E-state index is 12.5. The molecule has 22 heavy (non-hydrogen) atoms. The zero-order valence-corrected chi connectivity index (χ0v) is 11.9. The van der Waals surface area contributed by atoms with Crippen LogP contribution in [0.2, 0.25) is 0 Å². The van der Waals surface area contributed by atoms with Crippen LogP contribution in [0.25, 0.3) is 0 Å². The van der Waals surface area contributed by atoms with Gasteiger partial charge in [-0.15, -0.1) is 0 Å². The molecule has 8 aliphatic carbocycles. The predicted octanol–water partition coefficient (Wildman–Crippen LogP) is 2.73. The Kier molecular flexibility index (Phi) is 1.53. The summed E-state index contributed by atoms with van der Waals surface area (Å²) in [6, 6.07) is 0. The Hall–Kier alpha value is -0.740. The van der Waals surface area contributed by atoms with Gasteiger partial charge in [-0.3, -0.25) is 0 Å². The molecule has 8 fully saturated rings. The van der Waals surface area contributed by atoms with Gasteiger partial charge < -0.3 is 4.74 Å². The predicted molar refractivity (Wildman–Crippen MR) is 67.1 cm³/mol. The van der Waals surface area contributed by atoms with Crippen molar-refractivity contribution in [3.63, 3.8) is 0 Å². The Balaban J connectivity index is 1.33. The quantitative estimate of drug-likeness (QED) is 0.733. The summed E-state index contributed by atoms with van der Waals surface area (Å²) in [6.07, 6.45) is -2.29. The third kappa shape index (κ3) is 0.806. The second-order valence-electron chi connectivity index (χ2n) is 9.19. The Bertz CT molecular complexity index is 632. The molecular weight excluding hydrogens is 293 g/mol. The van der Waals surface area contributed by atoms with Crippen LogP contribution in [0.5, 0.6) is 0 Å². The molecule has 2 nitrogen and oxygen atoms in total. The van der Waals surface area contributed by atoms with E-state index in [1.54, 1.807) is 0 Å². The lowest BCUT2D eigenvalue weighted by Gasteiger charge is -2.39. The molecule has 0 aromatic heterocycles. The molecule has 0 heterocycles. The lowest BCUT2D eigenvalue weighted by atomic mass is 9.68. The minimum Gasteiger partial charge on any atom is -0.458 e. The van der Waals surface area contributed by atoms with E-state index >= 15 is 0 Å². The van der Waals surface area contributed by atoms with E-state index in [4.69, 9.17) is 4.74 Å². The van der Waals surface area contributed by atoms with Crippen molar-refractivity contribution in [3.05, 3.63) is 0 Å². The number of hydrogen-bond acceptors (Lipinski definition) is 2. The number of alkyl halides is 3. The van der Waals surface area contributed by atoms with Crippen molar-refractivity contribution in [3.8, 4) is 0 Å². The highest BCUT2D eigenvalue weighted by Gasteiger charge is 2.93. The molecule has 0 spiro atoms. The minimum atomic E-state index is -4.85. The van der Waals surface area contributed by atoms with Crippen molar-refractivity contribution in [2.45, 2.75) is 19.0 Å². The van der Waals surface area contributed by atoms with Gasteiger partial charge in [0.05, 0.1) is 6.61 Å². The van der Waals surface area contributed by atoms with Crippen molar-refractivity contribution in [2.75, 3.05) is 6.61 Å². The third-order valence-corrected chi connectivity index (χ3v) is 9.66. The van der Waals surface area contributed by atoms with Crippen molar-refractivity contribution in [1.82, 2.24) is 0 Å². The minimum absolute atomic E-state index is 0.0489. The molecule has 12 atom stereocenters. The van der Waals surface area contributed by atoms with Crippen LogP contribution in [0.1, 0.15) is 12.8 Å². The second-order valence-corrected chi connectivity index (χ2v) is 9.19. The Morgan fingerprint density at radius 3 is 2.32 bits per heavy atom. The van der Waals surface area contributed by atoms with Gasteiger partial charge in [-0.2, -0.15) is 13.2 Å². The van der Waals surface area contributed by atoms with E-state index in [-0.39, 0.29) is 12.0 Å². The standard InChI is InChI=1S/C17H17F3O2/c18-17(19,20)15(21)22-3-16-7-2-6-9-8-4-1-5(11(8)14(6)16)13(16)10(4)12(7)9/h4-14H,1-3H2/t4-,5+,6-,7+,8+,9+,10-,11+,12+,13-,14-,16+/m0/s1. The molecule has 5 heteroatoms. The summed E-state index contributed by atoms with van der Waals surface area (Å²) in [5.41, 5.74) is -0.0489. The molecule has 0 saturated heterocycles. The molecule has 0 N–H and O–H groups in total. The number of ether oxygens (including phenoxy) is 1. The van der Waals surface area contributed by atoms with E-state index in [9.17, 15) is 18.0 Å². The molecule has 8 aliphatic rings. The number of carbonyl (C=O) groups is 1. The number of hydrogen-bond donors (Lipinski definition) is 0. The van der Waals surface area contributed by atoms with E-state index in [0.717, 1.165) is 47.3 Å². The molecule has 0 unspecified atom stereocenters. The topological polar surface area (TPSA) is 26.3 Å². The molecule has 0 aliphatic heterocycles. The summed E-state index contributed by atoms with van der Waals surface area (Å²) in [6.45, 7) is 0.0635. The van der Waals surface area contributed by atoms with Crippen LogP contribution in [0.15, 0.2) is 0 Å². The van der Waals surface area contributed by atoms with E-state index < -0.39 is 12.1 Å². The van der Waals surface area contributed by atoms with Crippen LogP contribution >= 0.6 is 0 Å². The number of esters is 1. The number of carbonyl (C=O) groups excluding carboxylic acids is 1. The number of rotatable bonds is 2. The lowest BCUT2D eigenvalue weighted by molar-refractivity contribution is -0.205. The fraction of sp³-hybridized carbons (Fsp3) is 0.941. The first-order valence-corrected chi connectivity index (χ1v) is 8.70. The Labute approximate surface area is 125 Å². The van der Waals surface area contributed by atoms with Gasteiger partial charge in [0.1, 0.15) is 0 Å². The number of halogens is 3. The maximum Gasteiger partial charge on any atom is 0.490 e. The fourth-order valence-corrected chi connectivity index (χ4v) is 10.4. The first-order chi connectivity index (χ1) is 10.5. The van der Waals surface area contributed by atoms with Crippen LogP contribution < -0.4 is 0 Å². The molecular formula is C17H17F3O2. The average molecular weight is 310 g/mol. The van der Waals surface area contributed by atoms with Crippen molar-refractivity contribution < 1.29 is 22.7 Å². The largest absolute Gasteiger partial charge is 0.490 e. The highest BCUT2D eigenvalue weighted by atomic mass is 19.4. The molecule has 8 rings (SSSR count). The van der Waals surface area contributed by atoms with Gasteiger partial charge in [0, 0.05) is 5.41 Å². The first-order valence-electron chi connectivity index (χ1n) is 8.70. The Morgan fingerprint density at radius 2 is 1.59 bits per heavy atom. The zero-order chi connectivity index (χ0) is 14.8. The molecule has 118 valence electrons. The van der Waals surface area contributed by atoms with Gasteiger partial charge in [0.25, 0.3) is 0 Å². The molecule has 8 saturated carbocycles. The van der Waals surface area contributed by atoms with Crippen molar-refractivity contribution in [2.24, 2.45) is 70.5 Å². The van der Waals surface area contributed by atoms with E-state index in [1.165, 1.54) is 12.8 Å². The fourth-order valence-electron chi connectivity index (χ4n) is 10.4. The normalized spacial score (nSPS) is 69.3. The van der Waals surface area contributed by atoms with Crippen LogP contribution in [0.4, 0.5) is 13.2 Å². The third-order valence-electron chi connectivity index (χ3n) is 9.66. The van der Waals surface area contributed by atoms with Crippen LogP contribution in [-0.2, 0) is 9.53 Å². The summed E-state index contributed by atoms with van der Waals surface area (Å²) >= 11 is 0. The first kappa shape index (κ1) is 11.7. The van der Waals surface area contributed by atoms with Crippen molar-refractivity contribution >= 4 is 5.97 Å². The van der Waals surface area contributed by atoms with Gasteiger partial charge in [-0.25, -0.2) is 4.79 Å². The van der Waals surface area contributed by atoms with Crippen molar-refractivity contribution in [1.29, 1.82) is 0 Å². The van der Waals surface area contributed by atoms with E-state index in [0.29, 0.717) is 17.8 Å². The van der Waals surface area contributed by atoms with Gasteiger partial charge in [-0.1, -0.05) is 0 Å². The van der Waals surface area contributed by atoms with Crippen LogP contribution in [-0.4, -0.2) is 18.8 Å². The highest BCUT2D eigenvalue weighted by molar-refractivity contribution is 5.75. The summed E-state index contributed by atoms with van der Waals surface area (Å²) in [5, 5.41) is 0.